The van der Waals surface area contributed by atoms with Crippen molar-refractivity contribution >= 4 is 51.8 Å². The Hall–Kier alpha value is -7.20. The van der Waals surface area contributed by atoms with Gasteiger partial charge in [0.15, 0.2) is 11.5 Å². The van der Waals surface area contributed by atoms with Gasteiger partial charge in [-0.1, -0.05) is 89.8 Å². The smallest absolute Gasteiger partial charge is 0.346 e. The molecule has 0 bridgehead atoms. The number of carboxylic acids is 1. The Labute approximate surface area is 431 Å². The van der Waals surface area contributed by atoms with E-state index < -0.39 is 5.97 Å². The first-order valence-corrected chi connectivity index (χ1v) is 26.7. The van der Waals surface area contributed by atoms with Crippen LogP contribution in [0.25, 0.3) is 48.5 Å². The summed E-state index contributed by atoms with van der Waals surface area (Å²) in [6.45, 7) is 12.1. The Kier molecular flexibility index (Phi) is 18.0. The molecule has 0 radical (unpaired) electrons. The molecule has 12 heteroatoms. The van der Waals surface area contributed by atoms with E-state index in [1.807, 2.05) is 36.4 Å². The molecule has 0 atom stereocenters. The maximum absolute atomic E-state index is 11.6. The summed E-state index contributed by atoms with van der Waals surface area (Å²) < 4.78 is 37.5. The molecule has 1 N–H and O–H groups in total. The van der Waals surface area contributed by atoms with Crippen LogP contribution < -0.4 is 33.3 Å². The van der Waals surface area contributed by atoms with E-state index in [0.717, 1.165) is 134 Å². The summed E-state index contributed by atoms with van der Waals surface area (Å²) >= 11 is 2.96. The van der Waals surface area contributed by atoms with Gasteiger partial charge in [-0.25, -0.2) is 4.79 Å². The zero-order chi connectivity index (χ0) is 50.2. The van der Waals surface area contributed by atoms with Crippen LogP contribution in [-0.2, 0) is 4.79 Å². The highest BCUT2D eigenvalue weighted by Gasteiger charge is 2.28. The van der Waals surface area contributed by atoms with Crippen LogP contribution in [0, 0.1) is 11.3 Å². The van der Waals surface area contributed by atoms with Crippen LogP contribution in [0.15, 0.2) is 127 Å². The Balaban J connectivity index is 1.15. The van der Waals surface area contributed by atoms with Gasteiger partial charge < -0.3 is 38.4 Å². The molecule has 0 aliphatic carbocycles. The average Bonchev–Trinajstić information content (AvgIpc) is 4.04. The van der Waals surface area contributed by atoms with Crippen molar-refractivity contribution in [2.75, 3.05) is 44.5 Å². The number of unbranched alkanes of at least 4 members (excludes halogenated alkanes) is 4. The number of anilines is 3. The molecule has 2 aromatic heterocycles. The van der Waals surface area contributed by atoms with Crippen LogP contribution in [0.2, 0.25) is 0 Å². The summed E-state index contributed by atoms with van der Waals surface area (Å²) in [5, 5.41) is 18.8. The highest BCUT2D eigenvalue weighted by molar-refractivity contribution is 7.24. The van der Waals surface area contributed by atoms with Gasteiger partial charge in [0.2, 0.25) is 0 Å². The minimum absolute atomic E-state index is 0.322. The molecule has 72 heavy (non-hydrogen) atoms. The molecule has 8 rings (SSSR count). The number of carboxylic acid groups (broad SMARTS) is 1. The standard InChI is InChI=1S/C60H62N2O8S2/c1-5-9-31-65-48-25-28-51(53(38-48)67-33-11-7-3)41-13-19-45(20-14-41)62(46-21-15-42(16-22-46)52-29-26-49(66-32-10-6-2)39-54(52)68-34-12-8-4)47-23-17-43(18-24-47)58-56-57(70-36-35-69-56)59(72-58)55-30-27-50(71-55)37-44(40-61)60(63)64/h13-30,37-39H,5-12,31-36H2,1-4H3,(H,63,64)/b44-37+. The number of carbonyl (C=O) groups is 1. The van der Waals surface area contributed by atoms with Crippen LogP contribution in [0.3, 0.4) is 0 Å². The summed E-state index contributed by atoms with van der Waals surface area (Å²) in [6, 6.07) is 43.5. The van der Waals surface area contributed by atoms with Crippen LogP contribution in [0.5, 0.6) is 34.5 Å². The lowest BCUT2D eigenvalue weighted by Gasteiger charge is -2.26. The van der Waals surface area contributed by atoms with Gasteiger partial charge in [0.1, 0.15) is 47.9 Å². The largest absolute Gasteiger partial charge is 0.493 e. The summed E-state index contributed by atoms with van der Waals surface area (Å²) in [4.78, 5) is 17.2. The van der Waals surface area contributed by atoms with E-state index in [4.69, 9.17) is 28.4 Å². The molecule has 0 amide bonds. The first-order valence-electron chi connectivity index (χ1n) is 25.1. The normalized spacial score (nSPS) is 12.0. The SMILES string of the molecule is CCCCOc1ccc(-c2ccc(N(c3ccc(-c4ccc(OCCCC)cc4OCCCC)cc3)c3ccc(-c4sc(-c5ccc(/C=C(\C#N)C(=O)O)s5)c5c4OCCO5)cc3)cc2)c(OCCCC)c1. The zero-order valence-corrected chi connectivity index (χ0v) is 43.2. The van der Waals surface area contributed by atoms with Crippen molar-refractivity contribution in [1.82, 2.24) is 0 Å². The van der Waals surface area contributed by atoms with Crippen molar-refractivity contribution in [2.24, 2.45) is 0 Å². The molecule has 1 aliphatic rings. The number of fused-ring (bicyclic) bond motifs is 1. The van der Waals surface area contributed by atoms with Crippen molar-refractivity contribution in [3.05, 3.63) is 132 Å². The molecule has 10 nitrogen and oxygen atoms in total. The average molecular weight is 1000 g/mol. The third kappa shape index (κ3) is 12.4. The lowest BCUT2D eigenvalue weighted by molar-refractivity contribution is -0.132. The van der Waals surface area contributed by atoms with E-state index in [1.54, 1.807) is 17.4 Å². The fourth-order valence-electron chi connectivity index (χ4n) is 8.15. The minimum Gasteiger partial charge on any atom is -0.493 e. The van der Waals surface area contributed by atoms with E-state index >= 15 is 0 Å². The molecule has 1 aliphatic heterocycles. The quantitative estimate of drug-likeness (QED) is 0.0337. The summed E-state index contributed by atoms with van der Waals surface area (Å²) in [6.07, 6.45) is 9.52. The number of aliphatic carboxylic acids is 1. The molecule has 0 unspecified atom stereocenters. The minimum atomic E-state index is -1.26. The number of hydrogen-bond acceptors (Lipinski definition) is 11. The molecule has 0 spiro atoms. The van der Waals surface area contributed by atoms with Gasteiger partial charge >= 0.3 is 5.97 Å². The molecule has 5 aromatic carbocycles. The maximum atomic E-state index is 11.6. The molecule has 3 heterocycles. The van der Waals surface area contributed by atoms with Gasteiger partial charge in [-0.15, -0.1) is 22.7 Å². The van der Waals surface area contributed by atoms with Crippen molar-refractivity contribution in [1.29, 1.82) is 5.26 Å². The highest BCUT2D eigenvalue weighted by atomic mass is 32.1. The van der Waals surface area contributed by atoms with E-state index in [-0.39, 0.29) is 5.57 Å². The van der Waals surface area contributed by atoms with E-state index in [0.29, 0.717) is 56.0 Å². The topological polar surface area (TPSA) is 120 Å². The molecule has 372 valence electrons. The van der Waals surface area contributed by atoms with Gasteiger partial charge in [-0.2, -0.15) is 5.26 Å². The number of nitrogens with zero attached hydrogens (tertiary/aromatic N) is 2. The Bertz CT molecular complexity index is 2860. The fraction of sp³-hybridized carbons (Fsp3) is 0.300. The van der Waals surface area contributed by atoms with Gasteiger partial charge in [-0.05, 0) is 121 Å². The second kappa shape index (κ2) is 25.3. The van der Waals surface area contributed by atoms with Crippen LogP contribution in [0.4, 0.5) is 17.1 Å². The number of nitriles is 1. The predicted molar refractivity (Wildman–Crippen MR) is 292 cm³/mol. The molecular weight excluding hydrogens is 941 g/mol. The van der Waals surface area contributed by atoms with Crippen molar-refractivity contribution in [3.8, 4) is 83.0 Å². The first kappa shape index (κ1) is 51.2. The number of hydrogen-bond donors (Lipinski definition) is 1. The van der Waals surface area contributed by atoms with E-state index in [9.17, 15) is 15.2 Å². The van der Waals surface area contributed by atoms with E-state index in [1.165, 1.54) is 17.4 Å². The first-order chi connectivity index (χ1) is 35.3. The van der Waals surface area contributed by atoms with E-state index in [2.05, 4.69) is 118 Å². The molecule has 7 aromatic rings. The number of benzene rings is 5. The molecule has 0 saturated heterocycles. The van der Waals surface area contributed by atoms with Gasteiger partial charge in [0, 0.05) is 50.1 Å². The van der Waals surface area contributed by atoms with Crippen molar-refractivity contribution < 1.29 is 38.3 Å². The van der Waals surface area contributed by atoms with Gasteiger partial charge in [-0.3, -0.25) is 0 Å². The fourth-order valence-corrected chi connectivity index (χ4v) is 10.4. The summed E-state index contributed by atoms with van der Waals surface area (Å²) in [5.41, 5.74) is 7.64. The van der Waals surface area contributed by atoms with Gasteiger partial charge in [0.05, 0.1) is 36.2 Å². The summed E-state index contributed by atoms with van der Waals surface area (Å²) in [5.74, 6) is 3.32. The Morgan fingerprint density at radius 1 is 0.583 bits per heavy atom. The second-order valence-electron chi connectivity index (χ2n) is 17.4. The predicted octanol–water partition coefficient (Wildman–Crippen LogP) is 16.4. The van der Waals surface area contributed by atoms with Crippen LogP contribution in [-0.4, -0.2) is 50.7 Å². The van der Waals surface area contributed by atoms with Crippen LogP contribution in [0.1, 0.15) is 83.9 Å². The van der Waals surface area contributed by atoms with Crippen molar-refractivity contribution in [3.63, 3.8) is 0 Å². The third-order valence-electron chi connectivity index (χ3n) is 12.1. The highest BCUT2D eigenvalue weighted by Crippen LogP contribution is 2.55. The van der Waals surface area contributed by atoms with Gasteiger partial charge in [0.25, 0.3) is 0 Å². The zero-order valence-electron chi connectivity index (χ0n) is 41.5. The Morgan fingerprint density at radius 3 is 1.47 bits per heavy atom. The number of thiophene rings is 2. The van der Waals surface area contributed by atoms with Crippen LogP contribution >= 0.6 is 22.7 Å². The molecule has 0 saturated carbocycles. The maximum Gasteiger partial charge on any atom is 0.346 e. The monoisotopic (exact) mass is 1000 g/mol. The second-order valence-corrected chi connectivity index (χ2v) is 19.5. The molecular formula is C60H62N2O8S2. The number of rotatable bonds is 25. The third-order valence-corrected chi connectivity index (χ3v) is 14.5. The lowest BCUT2D eigenvalue weighted by atomic mass is 10.0. The van der Waals surface area contributed by atoms with Crippen molar-refractivity contribution in [2.45, 2.75) is 79.1 Å². The lowest BCUT2D eigenvalue weighted by Crippen LogP contribution is -2.14. The Morgan fingerprint density at radius 2 is 1.03 bits per heavy atom. The number of ether oxygens (including phenoxy) is 6. The summed E-state index contributed by atoms with van der Waals surface area (Å²) in [7, 11) is 0. The molecule has 0 fully saturated rings.